The van der Waals surface area contributed by atoms with Gasteiger partial charge < -0.3 is 4.74 Å². The Balaban J connectivity index is 1.62. The van der Waals surface area contributed by atoms with Crippen LogP contribution in [0.25, 0.3) is 0 Å². The number of hydrogen-bond donors (Lipinski definition) is 0. The maximum atomic E-state index is 12.8. The summed E-state index contributed by atoms with van der Waals surface area (Å²) >= 11 is 1.62. The highest BCUT2D eigenvalue weighted by atomic mass is 32.2. The Morgan fingerprint density at radius 2 is 1.80 bits per heavy atom. The summed E-state index contributed by atoms with van der Waals surface area (Å²) in [5.74, 6) is 0.214. The minimum Gasteiger partial charge on any atom is -0.447 e. The topological polar surface area (TPSA) is 46.6 Å². The Labute approximate surface area is 152 Å². The van der Waals surface area contributed by atoms with Crippen LogP contribution in [0, 0.1) is 5.92 Å². The fourth-order valence-electron chi connectivity index (χ4n) is 2.81. The Morgan fingerprint density at radius 1 is 1.16 bits per heavy atom. The molecule has 0 N–H and O–H groups in total. The zero-order valence-corrected chi connectivity index (χ0v) is 14.9. The zero-order valence-electron chi connectivity index (χ0n) is 14.1. The van der Waals surface area contributed by atoms with Crippen molar-refractivity contribution in [1.29, 1.82) is 0 Å². The van der Waals surface area contributed by atoms with Gasteiger partial charge in [0.1, 0.15) is 6.61 Å². The average molecular weight is 355 g/mol. The van der Waals surface area contributed by atoms with Crippen molar-refractivity contribution < 1.29 is 14.3 Å². The molecular weight excluding hydrogens is 334 g/mol. The predicted molar refractivity (Wildman–Crippen MR) is 98.5 cm³/mol. The summed E-state index contributed by atoms with van der Waals surface area (Å²) in [6.45, 7) is 2.13. The first-order valence-corrected chi connectivity index (χ1v) is 9.35. The molecule has 1 heterocycles. The van der Waals surface area contributed by atoms with Crippen LogP contribution in [0.2, 0.25) is 0 Å². The quantitative estimate of drug-likeness (QED) is 0.735. The number of rotatable bonds is 6. The van der Waals surface area contributed by atoms with E-state index in [2.05, 4.69) is 0 Å². The van der Waals surface area contributed by atoms with Crippen LogP contribution in [-0.4, -0.2) is 35.3 Å². The van der Waals surface area contributed by atoms with Crippen molar-refractivity contribution in [3.05, 3.63) is 66.2 Å². The van der Waals surface area contributed by atoms with Gasteiger partial charge in [0.25, 0.3) is 0 Å². The van der Waals surface area contributed by atoms with Gasteiger partial charge in [0.15, 0.2) is 0 Å². The maximum absolute atomic E-state index is 12.8. The van der Waals surface area contributed by atoms with E-state index in [0.717, 1.165) is 10.5 Å². The molecule has 3 rings (SSSR count). The lowest BCUT2D eigenvalue weighted by Gasteiger charge is -2.23. The fraction of sp³-hybridized carbons (Fsp3) is 0.300. The lowest BCUT2D eigenvalue weighted by atomic mass is 10.0. The molecule has 2 atom stereocenters. The van der Waals surface area contributed by atoms with Gasteiger partial charge in [0, 0.05) is 16.6 Å². The van der Waals surface area contributed by atoms with E-state index in [1.165, 1.54) is 4.90 Å². The van der Waals surface area contributed by atoms with Gasteiger partial charge >= 0.3 is 6.09 Å². The number of carbonyl (C=O) groups excluding carboxylic acids is 2. The van der Waals surface area contributed by atoms with E-state index in [-0.39, 0.29) is 24.5 Å². The van der Waals surface area contributed by atoms with Gasteiger partial charge in [0.2, 0.25) is 5.91 Å². The standard InChI is InChI=1S/C20H21NO3S/c1-15(14-25-18-10-6-3-7-11-18)19(22)21-17(13-24-20(21)23)12-16-8-4-2-5-9-16/h2-11,15,17H,12-14H2,1H3/t15-,17+/m1/s1. The van der Waals surface area contributed by atoms with Crippen LogP contribution in [0.1, 0.15) is 12.5 Å². The van der Waals surface area contributed by atoms with Crippen molar-refractivity contribution in [2.45, 2.75) is 24.3 Å². The van der Waals surface area contributed by atoms with Crippen LogP contribution in [0.4, 0.5) is 4.79 Å². The average Bonchev–Trinajstić information content (AvgIpc) is 3.01. The Bertz CT molecular complexity index is 720. The van der Waals surface area contributed by atoms with E-state index in [1.807, 2.05) is 67.6 Å². The summed E-state index contributed by atoms with van der Waals surface area (Å²) in [4.78, 5) is 27.3. The van der Waals surface area contributed by atoms with Crippen molar-refractivity contribution in [2.24, 2.45) is 5.92 Å². The summed E-state index contributed by atoms with van der Waals surface area (Å²) in [7, 11) is 0. The van der Waals surface area contributed by atoms with Crippen LogP contribution < -0.4 is 0 Å². The Kier molecular flexibility index (Phi) is 5.76. The molecule has 0 aliphatic carbocycles. The second-order valence-electron chi connectivity index (χ2n) is 6.15. The predicted octanol–water partition coefficient (Wildman–Crippen LogP) is 4.00. The normalized spacial score (nSPS) is 18.0. The van der Waals surface area contributed by atoms with Gasteiger partial charge in [-0.1, -0.05) is 55.5 Å². The highest BCUT2D eigenvalue weighted by molar-refractivity contribution is 7.99. The molecule has 2 aromatic rings. The van der Waals surface area contributed by atoms with Gasteiger partial charge in [-0.05, 0) is 24.1 Å². The first kappa shape index (κ1) is 17.5. The molecule has 1 saturated heterocycles. The van der Waals surface area contributed by atoms with E-state index in [0.29, 0.717) is 12.2 Å². The van der Waals surface area contributed by atoms with E-state index in [1.54, 1.807) is 11.8 Å². The molecule has 2 aromatic carbocycles. The summed E-state index contributed by atoms with van der Waals surface area (Å²) in [5.41, 5.74) is 1.09. The van der Waals surface area contributed by atoms with E-state index < -0.39 is 6.09 Å². The van der Waals surface area contributed by atoms with Crippen molar-refractivity contribution in [2.75, 3.05) is 12.4 Å². The molecule has 25 heavy (non-hydrogen) atoms. The first-order valence-electron chi connectivity index (χ1n) is 8.36. The second-order valence-corrected chi connectivity index (χ2v) is 7.25. The van der Waals surface area contributed by atoms with Crippen molar-refractivity contribution in [3.8, 4) is 0 Å². The number of ether oxygens (including phenoxy) is 1. The monoisotopic (exact) mass is 355 g/mol. The van der Waals surface area contributed by atoms with Crippen LogP contribution >= 0.6 is 11.8 Å². The SMILES string of the molecule is C[C@H](CSc1ccccc1)C(=O)N1C(=O)OC[C@@H]1Cc1ccccc1. The second kappa shape index (κ2) is 8.21. The molecule has 1 aliphatic rings. The number of amides is 2. The molecule has 5 heteroatoms. The van der Waals surface area contributed by atoms with E-state index >= 15 is 0 Å². The molecule has 0 bridgehead atoms. The molecule has 0 unspecified atom stereocenters. The van der Waals surface area contributed by atoms with E-state index in [4.69, 9.17) is 4.74 Å². The van der Waals surface area contributed by atoms with Crippen LogP contribution in [0.5, 0.6) is 0 Å². The highest BCUT2D eigenvalue weighted by Gasteiger charge is 2.39. The highest BCUT2D eigenvalue weighted by Crippen LogP contribution is 2.24. The molecule has 0 radical (unpaired) electrons. The molecular formula is C20H21NO3S. The number of carbonyl (C=O) groups is 2. The van der Waals surface area contributed by atoms with Crippen molar-refractivity contribution in [3.63, 3.8) is 0 Å². The minimum absolute atomic E-state index is 0.160. The maximum Gasteiger partial charge on any atom is 0.416 e. The lowest BCUT2D eigenvalue weighted by molar-refractivity contribution is -0.132. The smallest absolute Gasteiger partial charge is 0.416 e. The van der Waals surface area contributed by atoms with Crippen LogP contribution in [0.3, 0.4) is 0 Å². The molecule has 130 valence electrons. The molecule has 1 fully saturated rings. The third-order valence-electron chi connectivity index (χ3n) is 4.18. The minimum atomic E-state index is -0.525. The van der Waals surface area contributed by atoms with Crippen LogP contribution in [-0.2, 0) is 16.0 Å². The molecule has 4 nitrogen and oxygen atoms in total. The van der Waals surface area contributed by atoms with Gasteiger partial charge in [-0.25, -0.2) is 9.69 Å². The number of nitrogens with zero attached hydrogens (tertiary/aromatic N) is 1. The number of cyclic esters (lactones) is 1. The Morgan fingerprint density at radius 3 is 2.48 bits per heavy atom. The molecule has 2 amide bonds. The fourth-order valence-corrected chi connectivity index (χ4v) is 3.75. The number of thioether (sulfide) groups is 1. The van der Waals surface area contributed by atoms with Crippen molar-refractivity contribution >= 4 is 23.8 Å². The summed E-state index contributed by atoms with van der Waals surface area (Å²) in [6.07, 6.45) is 0.0964. The van der Waals surface area contributed by atoms with Gasteiger partial charge in [0.05, 0.1) is 6.04 Å². The molecule has 0 saturated carbocycles. The zero-order chi connectivity index (χ0) is 17.6. The van der Waals surface area contributed by atoms with E-state index in [9.17, 15) is 9.59 Å². The van der Waals surface area contributed by atoms with Crippen LogP contribution in [0.15, 0.2) is 65.6 Å². The number of imide groups is 1. The van der Waals surface area contributed by atoms with Gasteiger partial charge in [-0.3, -0.25) is 4.79 Å². The number of hydrogen-bond acceptors (Lipinski definition) is 4. The largest absolute Gasteiger partial charge is 0.447 e. The molecule has 1 aliphatic heterocycles. The summed E-state index contributed by atoms with van der Waals surface area (Å²) in [5, 5.41) is 0. The Hall–Kier alpha value is -2.27. The first-order chi connectivity index (χ1) is 12.1. The molecule has 0 aromatic heterocycles. The van der Waals surface area contributed by atoms with Gasteiger partial charge in [-0.2, -0.15) is 0 Å². The summed E-state index contributed by atoms with van der Waals surface area (Å²) < 4.78 is 5.14. The summed E-state index contributed by atoms with van der Waals surface area (Å²) in [6, 6.07) is 19.6. The lowest BCUT2D eigenvalue weighted by Crippen LogP contribution is -2.43. The van der Waals surface area contributed by atoms with Gasteiger partial charge in [-0.15, -0.1) is 11.8 Å². The third-order valence-corrected chi connectivity index (χ3v) is 5.45. The number of benzene rings is 2. The molecule has 0 spiro atoms. The van der Waals surface area contributed by atoms with Crippen molar-refractivity contribution in [1.82, 2.24) is 4.90 Å². The third kappa shape index (κ3) is 4.42.